The average molecular weight is 316 g/mol. The van der Waals surface area contributed by atoms with Crippen LogP contribution in [-0.2, 0) is 20.8 Å². The van der Waals surface area contributed by atoms with E-state index in [2.05, 4.69) is 5.32 Å². The third-order valence-electron chi connectivity index (χ3n) is 3.87. The molecule has 2 aliphatic heterocycles. The van der Waals surface area contributed by atoms with E-state index in [9.17, 15) is 14.4 Å². The Morgan fingerprint density at radius 2 is 1.96 bits per heavy atom. The molecule has 0 bridgehead atoms. The van der Waals surface area contributed by atoms with Crippen LogP contribution in [0.5, 0.6) is 5.75 Å². The number of hydrogen-bond donors (Lipinski definition) is 1. The highest BCUT2D eigenvalue weighted by molar-refractivity contribution is 6.10. The molecule has 0 aliphatic carbocycles. The number of ether oxygens (including phenoxy) is 1. The van der Waals surface area contributed by atoms with E-state index in [1.165, 1.54) is 4.90 Å². The molecular weight excluding hydrogens is 296 g/mol. The van der Waals surface area contributed by atoms with Crippen LogP contribution < -0.4 is 15.0 Å². The first-order chi connectivity index (χ1) is 10.7. The molecule has 23 heavy (non-hydrogen) atoms. The highest BCUT2D eigenvalue weighted by Crippen LogP contribution is 2.35. The zero-order valence-corrected chi connectivity index (χ0v) is 13.5. The van der Waals surface area contributed by atoms with E-state index in [4.69, 9.17) is 4.74 Å². The number of carbonyl (C=O) groups is 3. The minimum Gasteiger partial charge on any atom is -0.488 e. The largest absolute Gasteiger partial charge is 0.488 e. The molecule has 2 heterocycles. The lowest BCUT2D eigenvalue weighted by Gasteiger charge is -2.30. The lowest BCUT2D eigenvalue weighted by Crippen LogP contribution is -2.53. The smallest absolute Gasteiger partial charge is 0.249 e. The van der Waals surface area contributed by atoms with E-state index < -0.39 is 11.9 Å². The first kappa shape index (κ1) is 15.5. The third-order valence-corrected chi connectivity index (χ3v) is 3.87. The Hall–Kier alpha value is -2.37. The Morgan fingerprint density at radius 3 is 2.61 bits per heavy atom. The van der Waals surface area contributed by atoms with Crippen molar-refractivity contribution in [3.05, 3.63) is 23.8 Å². The predicted octanol–water partition coefficient (Wildman–Crippen LogP) is 1.56. The molecular formula is C17H20N2O4. The van der Waals surface area contributed by atoms with Gasteiger partial charge in [0, 0.05) is 12.1 Å². The zero-order chi connectivity index (χ0) is 16.8. The minimum atomic E-state index is -0.615. The van der Waals surface area contributed by atoms with Crippen molar-refractivity contribution in [2.45, 2.75) is 51.7 Å². The van der Waals surface area contributed by atoms with Crippen LogP contribution in [0.2, 0.25) is 0 Å². The molecule has 1 saturated heterocycles. The molecule has 1 aromatic rings. The van der Waals surface area contributed by atoms with Gasteiger partial charge in [0.15, 0.2) is 0 Å². The second-order valence-electron chi connectivity index (χ2n) is 6.91. The fourth-order valence-corrected chi connectivity index (χ4v) is 3.01. The lowest BCUT2D eigenvalue weighted by molar-refractivity contribution is -0.135. The van der Waals surface area contributed by atoms with E-state index in [1.54, 1.807) is 0 Å². The second kappa shape index (κ2) is 5.37. The van der Waals surface area contributed by atoms with Crippen molar-refractivity contribution in [2.75, 3.05) is 4.90 Å². The van der Waals surface area contributed by atoms with Gasteiger partial charge >= 0.3 is 0 Å². The molecule has 0 saturated carbocycles. The van der Waals surface area contributed by atoms with E-state index in [-0.39, 0.29) is 30.3 Å². The monoisotopic (exact) mass is 316 g/mol. The number of imide groups is 1. The summed E-state index contributed by atoms with van der Waals surface area (Å²) in [5, 5.41) is 2.30. The molecule has 0 radical (unpaired) electrons. The van der Waals surface area contributed by atoms with Gasteiger partial charge in [-0.2, -0.15) is 0 Å². The summed E-state index contributed by atoms with van der Waals surface area (Å²) in [6.45, 7) is 5.88. The molecule has 1 unspecified atom stereocenters. The lowest BCUT2D eigenvalue weighted by atomic mass is 10.0. The van der Waals surface area contributed by atoms with Crippen molar-refractivity contribution in [3.8, 4) is 5.75 Å². The zero-order valence-electron chi connectivity index (χ0n) is 13.5. The van der Waals surface area contributed by atoms with Gasteiger partial charge in [-0.3, -0.25) is 24.6 Å². The van der Waals surface area contributed by atoms with E-state index in [1.807, 2.05) is 39.0 Å². The molecule has 0 spiro atoms. The summed E-state index contributed by atoms with van der Waals surface area (Å²) in [5.74, 6) is -0.110. The highest BCUT2D eigenvalue weighted by Gasteiger charge is 2.39. The number of benzene rings is 1. The number of amides is 3. The normalized spacial score (nSPS) is 21.3. The van der Waals surface area contributed by atoms with Crippen LogP contribution in [0.3, 0.4) is 0 Å². The molecule has 6 nitrogen and oxygen atoms in total. The number of fused-ring (bicyclic) bond motifs is 1. The van der Waals surface area contributed by atoms with Crippen LogP contribution in [-0.4, -0.2) is 29.4 Å². The average Bonchev–Trinajstić information content (AvgIpc) is 2.72. The molecule has 1 aromatic carbocycles. The Kier molecular flexibility index (Phi) is 3.62. The Balaban J connectivity index is 1.88. The number of piperidine rings is 1. The number of carbonyl (C=O) groups excluding carboxylic acids is 3. The maximum Gasteiger partial charge on any atom is 0.249 e. The first-order valence-corrected chi connectivity index (χ1v) is 7.72. The van der Waals surface area contributed by atoms with E-state index in [0.29, 0.717) is 12.2 Å². The maximum atomic E-state index is 12.4. The molecule has 0 aromatic heterocycles. The Morgan fingerprint density at radius 1 is 1.22 bits per heavy atom. The second-order valence-corrected chi connectivity index (χ2v) is 6.91. The quantitative estimate of drug-likeness (QED) is 0.840. The van der Waals surface area contributed by atoms with Crippen molar-refractivity contribution in [1.29, 1.82) is 0 Å². The molecule has 122 valence electrons. The van der Waals surface area contributed by atoms with Gasteiger partial charge in [-0.05, 0) is 51.0 Å². The SMILES string of the molecule is CC(C)(C)Oc1ccc2c(c1)CC(=O)N2C1CCC(=O)NC1=O. The third kappa shape index (κ3) is 3.06. The number of nitrogens with one attached hydrogen (secondary N) is 1. The minimum absolute atomic E-state index is 0.123. The molecule has 3 rings (SSSR count). The number of rotatable bonds is 2. The number of hydrogen-bond acceptors (Lipinski definition) is 4. The van der Waals surface area contributed by atoms with E-state index >= 15 is 0 Å². The molecule has 3 amide bonds. The standard InChI is InChI=1S/C17H20N2O4/c1-17(2,3)23-11-4-5-12-10(8-11)9-15(21)19(12)13-6-7-14(20)18-16(13)22/h4-5,8,13H,6-7,9H2,1-3H3,(H,18,20,22). The summed E-state index contributed by atoms with van der Waals surface area (Å²) in [6.07, 6.45) is 0.852. The van der Waals surface area contributed by atoms with Crippen LogP contribution in [0.25, 0.3) is 0 Å². The molecule has 2 aliphatic rings. The summed E-state index contributed by atoms with van der Waals surface area (Å²) in [4.78, 5) is 37.2. The molecule has 1 atom stereocenters. The summed E-state index contributed by atoms with van der Waals surface area (Å²) in [5.41, 5.74) is 1.26. The van der Waals surface area contributed by atoms with Gasteiger partial charge in [0.2, 0.25) is 17.7 Å². The highest BCUT2D eigenvalue weighted by atomic mass is 16.5. The predicted molar refractivity (Wildman–Crippen MR) is 84.2 cm³/mol. The van der Waals surface area contributed by atoms with E-state index in [0.717, 1.165) is 11.3 Å². The fourth-order valence-electron chi connectivity index (χ4n) is 3.01. The van der Waals surface area contributed by atoms with Crippen LogP contribution in [0.4, 0.5) is 5.69 Å². The summed E-state index contributed by atoms with van der Waals surface area (Å²) < 4.78 is 5.82. The summed E-state index contributed by atoms with van der Waals surface area (Å²) in [7, 11) is 0. The summed E-state index contributed by atoms with van der Waals surface area (Å²) in [6, 6.07) is 4.85. The van der Waals surface area contributed by atoms with Crippen molar-refractivity contribution < 1.29 is 19.1 Å². The maximum absolute atomic E-state index is 12.4. The summed E-state index contributed by atoms with van der Waals surface area (Å²) >= 11 is 0. The molecule has 1 N–H and O–H groups in total. The van der Waals surface area contributed by atoms with Crippen LogP contribution >= 0.6 is 0 Å². The number of anilines is 1. The van der Waals surface area contributed by atoms with Gasteiger partial charge in [-0.25, -0.2) is 0 Å². The van der Waals surface area contributed by atoms with Crippen LogP contribution in [0.1, 0.15) is 39.2 Å². The van der Waals surface area contributed by atoms with Gasteiger partial charge in [-0.1, -0.05) is 0 Å². The topological polar surface area (TPSA) is 75.7 Å². The van der Waals surface area contributed by atoms with Crippen molar-refractivity contribution in [2.24, 2.45) is 0 Å². The van der Waals surface area contributed by atoms with Crippen molar-refractivity contribution in [1.82, 2.24) is 5.32 Å². The van der Waals surface area contributed by atoms with Crippen LogP contribution in [0, 0.1) is 0 Å². The van der Waals surface area contributed by atoms with Crippen LogP contribution in [0.15, 0.2) is 18.2 Å². The van der Waals surface area contributed by atoms with Gasteiger partial charge in [-0.15, -0.1) is 0 Å². The Bertz CT molecular complexity index is 690. The first-order valence-electron chi connectivity index (χ1n) is 7.72. The van der Waals surface area contributed by atoms with Crippen molar-refractivity contribution >= 4 is 23.4 Å². The Labute approximate surface area is 134 Å². The van der Waals surface area contributed by atoms with Gasteiger partial charge in [0.25, 0.3) is 0 Å². The van der Waals surface area contributed by atoms with Gasteiger partial charge in [0.1, 0.15) is 17.4 Å². The fraction of sp³-hybridized carbons (Fsp3) is 0.471. The van der Waals surface area contributed by atoms with Crippen molar-refractivity contribution in [3.63, 3.8) is 0 Å². The van der Waals surface area contributed by atoms with Gasteiger partial charge < -0.3 is 4.74 Å². The molecule has 6 heteroatoms. The molecule has 1 fully saturated rings. The number of nitrogens with zero attached hydrogens (tertiary/aromatic N) is 1. The van der Waals surface area contributed by atoms with Gasteiger partial charge in [0.05, 0.1) is 6.42 Å².